The number of nitrogens with one attached hydrogen (secondary N) is 1. The van der Waals surface area contributed by atoms with Crippen molar-refractivity contribution < 1.29 is 14.1 Å². The molecule has 0 amide bonds. The second-order valence-electron chi connectivity index (χ2n) is 2.17. The molecular formula is C6H14NO3P. The van der Waals surface area contributed by atoms with Crippen LogP contribution in [0.1, 0.15) is 13.8 Å². The van der Waals surface area contributed by atoms with Crippen molar-refractivity contribution in [2.24, 2.45) is 0 Å². The number of carbonyl (C=O) groups is 1. The topological polar surface area (TPSA) is 55.4 Å². The number of rotatable bonds is 4. The van der Waals surface area contributed by atoms with Gasteiger partial charge in [-0.2, -0.15) is 0 Å². The summed E-state index contributed by atoms with van der Waals surface area (Å²) in [7, 11) is -1.80. The Kier molecular flexibility index (Phi) is 5.16. The lowest BCUT2D eigenvalue weighted by Crippen LogP contribution is -2.30. The lowest BCUT2D eigenvalue weighted by molar-refractivity contribution is -0.144. The van der Waals surface area contributed by atoms with Crippen molar-refractivity contribution in [2.45, 2.75) is 19.9 Å². The number of hydrogen-bond acceptors (Lipinski definition) is 3. The predicted molar refractivity (Wildman–Crippen MR) is 44.2 cm³/mol. The summed E-state index contributed by atoms with van der Waals surface area (Å²) in [5, 5.41) is 2.60. The molecule has 0 aromatic heterocycles. The van der Waals surface area contributed by atoms with E-state index in [1.165, 1.54) is 0 Å². The van der Waals surface area contributed by atoms with E-state index in [2.05, 4.69) is 9.82 Å². The first kappa shape index (κ1) is 10.7. The summed E-state index contributed by atoms with van der Waals surface area (Å²) in [4.78, 5) is 10.9. The average Bonchev–Trinajstić information content (AvgIpc) is 1.86. The van der Waals surface area contributed by atoms with Crippen LogP contribution in [0.25, 0.3) is 0 Å². The van der Waals surface area contributed by atoms with Gasteiger partial charge in [0.15, 0.2) is 0 Å². The van der Waals surface area contributed by atoms with E-state index in [1.807, 2.05) is 0 Å². The molecule has 0 aliphatic heterocycles. The van der Waals surface area contributed by atoms with Gasteiger partial charge in [-0.15, -0.1) is 0 Å². The van der Waals surface area contributed by atoms with E-state index in [0.717, 1.165) is 0 Å². The third-order valence-electron chi connectivity index (χ3n) is 1.06. The van der Waals surface area contributed by atoms with Crippen LogP contribution in [0.5, 0.6) is 0 Å². The molecule has 0 saturated heterocycles. The highest BCUT2D eigenvalue weighted by Gasteiger charge is 2.13. The Labute approximate surface area is 67.1 Å². The lowest BCUT2D eigenvalue weighted by Gasteiger charge is -2.09. The van der Waals surface area contributed by atoms with Crippen LogP contribution < -0.4 is 5.09 Å². The van der Waals surface area contributed by atoms with Crippen LogP contribution >= 0.6 is 7.95 Å². The van der Waals surface area contributed by atoms with Crippen molar-refractivity contribution in [3.8, 4) is 0 Å². The van der Waals surface area contributed by atoms with Crippen LogP contribution in [0.15, 0.2) is 0 Å². The molecule has 0 radical (unpaired) electrons. The SMILES string of the molecule is CCOC(=O)C(C)N[PH](C)=O. The molecule has 0 bridgehead atoms. The molecule has 5 heteroatoms. The molecule has 0 heterocycles. The molecule has 0 spiro atoms. The summed E-state index contributed by atoms with van der Waals surface area (Å²) in [6, 6.07) is -0.466. The molecule has 0 aromatic rings. The van der Waals surface area contributed by atoms with Gasteiger partial charge in [-0.05, 0) is 20.5 Å². The van der Waals surface area contributed by atoms with Gasteiger partial charge >= 0.3 is 5.97 Å². The van der Waals surface area contributed by atoms with Crippen LogP contribution in [0.2, 0.25) is 0 Å². The predicted octanol–water partition coefficient (Wildman–Crippen LogP) is 0.632. The van der Waals surface area contributed by atoms with Crippen molar-refractivity contribution in [3.05, 3.63) is 0 Å². The van der Waals surface area contributed by atoms with Gasteiger partial charge in [-0.1, -0.05) is 0 Å². The Balaban J connectivity index is 3.73. The van der Waals surface area contributed by atoms with E-state index in [4.69, 9.17) is 0 Å². The van der Waals surface area contributed by atoms with Crippen LogP contribution in [0.3, 0.4) is 0 Å². The number of hydrogen-bond donors (Lipinski definition) is 1. The van der Waals surface area contributed by atoms with E-state index < -0.39 is 14.0 Å². The average molecular weight is 179 g/mol. The van der Waals surface area contributed by atoms with Gasteiger partial charge in [0.25, 0.3) is 0 Å². The minimum Gasteiger partial charge on any atom is -0.465 e. The third-order valence-corrected chi connectivity index (χ3v) is 1.90. The fourth-order valence-electron chi connectivity index (χ4n) is 0.631. The quantitative estimate of drug-likeness (QED) is 0.508. The molecule has 0 fully saturated rings. The molecule has 0 aliphatic rings. The fraction of sp³-hybridized carbons (Fsp3) is 0.833. The summed E-state index contributed by atoms with van der Waals surface area (Å²) in [5.74, 6) is -0.354. The van der Waals surface area contributed by atoms with Crippen molar-refractivity contribution in [3.63, 3.8) is 0 Å². The maximum absolute atomic E-state index is 10.9. The van der Waals surface area contributed by atoms with E-state index in [0.29, 0.717) is 6.61 Å². The first-order valence-corrected chi connectivity index (χ1v) is 5.42. The number of esters is 1. The highest BCUT2D eigenvalue weighted by molar-refractivity contribution is 7.41. The van der Waals surface area contributed by atoms with Crippen LogP contribution in [0, 0.1) is 0 Å². The molecule has 0 saturated carbocycles. The van der Waals surface area contributed by atoms with Gasteiger partial charge in [0, 0.05) is 0 Å². The Morgan fingerprint density at radius 3 is 2.64 bits per heavy atom. The molecule has 2 unspecified atom stereocenters. The van der Waals surface area contributed by atoms with Crippen LogP contribution in [0.4, 0.5) is 0 Å². The maximum atomic E-state index is 10.9. The molecule has 1 N–H and O–H groups in total. The monoisotopic (exact) mass is 179 g/mol. The van der Waals surface area contributed by atoms with Crippen molar-refractivity contribution in [2.75, 3.05) is 13.3 Å². The molecule has 4 nitrogen and oxygen atoms in total. The first-order chi connectivity index (χ1) is 5.07. The van der Waals surface area contributed by atoms with Crippen molar-refractivity contribution in [1.29, 1.82) is 0 Å². The standard InChI is InChI=1S/C6H14NO3P/c1-4-10-6(8)5(2)7-11(3)9/h5,11H,4H2,1-3H3,(H,7,9). The van der Waals surface area contributed by atoms with Crippen molar-refractivity contribution in [1.82, 2.24) is 5.09 Å². The van der Waals surface area contributed by atoms with E-state index in [9.17, 15) is 9.36 Å². The Morgan fingerprint density at radius 2 is 2.27 bits per heavy atom. The van der Waals surface area contributed by atoms with E-state index in [1.54, 1.807) is 20.5 Å². The molecule has 0 aromatic carbocycles. The Morgan fingerprint density at radius 1 is 1.73 bits per heavy atom. The summed E-state index contributed by atoms with van der Waals surface area (Å²) >= 11 is 0. The first-order valence-electron chi connectivity index (χ1n) is 3.51. The van der Waals surface area contributed by atoms with Gasteiger partial charge in [0.1, 0.15) is 14.0 Å². The zero-order valence-electron chi connectivity index (χ0n) is 7.01. The van der Waals surface area contributed by atoms with Gasteiger partial charge in [0.2, 0.25) is 0 Å². The van der Waals surface area contributed by atoms with Crippen molar-refractivity contribution >= 4 is 13.9 Å². The van der Waals surface area contributed by atoms with E-state index in [-0.39, 0.29) is 5.97 Å². The smallest absolute Gasteiger partial charge is 0.323 e. The Hall–Kier alpha value is -0.340. The summed E-state index contributed by atoms with van der Waals surface area (Å²) in [5.41, 5.74) is 0. The lowest BCUT2D eigenvalue weighted by atomic mass is 10.4. The second kappa shape index (κ2) is 5.33. The molecule has 2 atom stereocenters. The van der Waals surface area contributed by atoms with Crippen LogP contribution in [-0.2, 0) is 14.1 Å². The zero-order valence-corrected chi connectivity index (χ0v) is 8.01. The Bertz CT molecular complexity index is 160. The molecule has 66 valence electrons. The molecule has 11 heavy (non-hydrogen) atoms. The van der Waals surface area contributed by atoms with Gasteiger partial charge < -0.3 is 9.30 Å². The highest BCUT2D eigenvalue weighted by atomic mass is 31.1. The van der Waals surface area contributed by atoms with Gasteiger partial charge in [0.05, 0.1) is 6.61 Å². The minimum atomic E-state index is -1.80. The molecular weight excluding hydrogens is 165 g/mol. The van der Waals surface area contributed by atoms with Gasteiger partial charge in [-0.25, -0.2) is 0 Å². The number of carbonyl (C=O) groups excluding carboxylic acids is 1. The summed E-state index contributed by atoms with van der Waals surface area (Å²) in [6.07, 6.45) is 0. The molecule has 0 rings (SSSR count). The number of ether oxygens (including phenoxy) is 1. The highest BCUT2D eigenvalue weighted by Crippen LogP contribution is 2.07. The maximum Gasteiger partial charge on any atom is 0.323 e. The zero-order chi connectivity index (χ0) is 8.85. The van der Waals surface area contributed by atoms with Crippen LogP contribution in [-0.4, -0.2) is 25.3 Å². The fourth-order valence-corrected chi connectivity index (χ4v) is 1.36. The summed E-state index contributed by atoms with van der Waals surface area (Å²) < 4.78 is 15.3. The largest absolute Gasteiger partial charge is 0.465 e. The molecule has 0 aliphatic carbocycles. The third kappa shape index (κ3) is 4.99. The normalized spacial score (nSPS) is 15.5. The summed E-state index contributed by atoms with van der Waals surface area (Å²) in [6.45, 7) is 5.26. The van der Waals surface area contributed by atoms with E-state index >= 15 is 0 Å². The second-order valence-corrected chi connectivity index (χ2v) is 3.58. The van der Waals surface area contributed by atoms with Gasteiger partial charge in [-0.3, -0.25) is 9.88 Å². The minimum absolute atomic E-state index is 0.354.